The third-order valence-corrected chi connectivity index (χ3v) is 8.08. The molecule has 1 aliphatic heterocycles. The van der Waals surface area contributed by atoms with Crippen LogP contribution in [0.2, 0.25) is 0 Å². The second-order valence-corrected chi connectivity index (χ2v) is 10.7. The Kier molecular flexibility index (Phi) is 7.20. The molecule has 0 spiro atoms. The minimum absolute atomic E-state index is 0.0716. The molecule has 170 valence electrons. The highest BCUT2D eigenvalue weighted by Gasteiger charge is 2.30. The van der Waals surface area contributed by atoms with Crippen LogP contribution in [0.15, 0.2) is 29.2 Å². The minimum Gasteiger partial charge on any atom is -0.462 e. The molecule has 1 aromatic heterocycles. The molecule has 32 heavy (non-hydrogen) atoms. The maximum Gasteiger partial charge on any atom is 0.341 e. The van der Waals surface area contributed by atoms with E-state index in [-0.39, 0.29) is 36.2 Å². The molecule has 1 aromatic carbocycles. The van der Waals surface area contributed by atoms with E-state index < -0.39 is 0 Å². The van der Waals surface area contributed by atoms with Crippen molar-refractivity contribution in [2.24, 2.45) is 0 Å². The average Bonchev–Trinajstić information content (AvgIpc) is 2.86. The number of thioether (sulfide) groups is 1. The van der Waals surface area contributed by atoms with E-state index in [4.69, 9.17) is 4.74 Å². The maximum absolute atomic E-state index is 13.1. The molecule has 6 nitrogen and oxygen atoms in total. The first-order valence-electron chi connectivity index (χ1n) is 11.2. The summed E-state index contributed by atoms with van der Waals surface area (Å²) < 4.78 is 5.31. The summed E-state index contributed by atoms with van der Waals surface area (Å²) in [6.45, 7) is 4.00. The highest BCUT2D eigenvalue weighted by molar-refractivity contribution is 8.00. The van der Waals surface area contributed by atoms with Crippen molar-refractivity contribution < 1.29 is 19.1 Å². The van der Waals surface area contributed by atoms with Crippen molar-refractivity contribution in [1.82, 2.24) is 0 Å². The lowest BCUT2D eigenvalue weighted by molar-refractivity contribution is -0.121. The van der Waals surface area contributed by atoms with Crippen LogP contribution in [0, 0.1) is 0 Å². The molecular formula is C24H28N2O4S2. The van der Waals surface area contributed by atoms with Crippen LogP contribution in [0.25, 0.3) is 0 Å². The van der Waals surface area contributed by atoms with Gasteiger partial charge in [0.2, 0.25) is 11.8 Å². The molecule has 2 aromatic rings. The number of para-hydroxylation sites is 1. The van der Waals surface area contributed by atoms with Gasteiger partial charge in [0.1, 0.15) is 11.5 Å². The SMILES string of the molecule is CCOC(=O)c1c(NC(=O)CN2C(=O)C[C@H](C)Sc3ccccc32)sc2c1CCCCC2. The van der Waals surface area contributed by atoms with Crippen LogP contribution in [-0.2, 0) is 27.2 Å². The Balaban J connectivity index is 1.59. The normalized spacial score (nSPS) is 18.2. The van der Waals surface area contributed by atoms with Crippen LogP contribution in [-0.4, -0.2) is 36.2 Å². The molecule has 0 fully saturated rings. The molecule has 0 bridgehead atoms. The van der Waals surface area contributed by atoms with Gasteiger partial charge in [-0.25, -0.2) is 4.79 Å². The molecule has 1 atom stereocenters. The number of esters is 1. The fourth-order valence-electron chi connectivity index (χ4n) is 4.26. The highest BCUT2D eigenvalue weighted by Crippen LogP contribution is 2.39. The summed E-state index contributed by atoms with van der Waals surface area (Å²) in [7, 11) is 0. The van der Waals surface area contributed by atoms with Crippen molar-refractivity contribution in [3.05, 3.63) is 40.3 Å². The number of carbonyl (C=O) groups is 3. The van der Waals surface area contributed by atoms with Gasteiger partial charge in [0, 0.05) is 21.4 Å². The molecule has 0 saturated carbocycles. The van der Waals surface area contributed by atoms with E-state index in [0.29, 0.717) is 17.0 Å². The number of rotatable bonds is 5. The van der Waals surface area contributed by atoms with E-state index in [1.165, 1.54) is 11.3 Å². The molecule has 0 saturated heterocycles. The number of hydrogen-bond donors (Lipinski definition) is 1. The van der Waals surface area contributed by atoms with Gasteiger partial charge in [0.15, 0.2) is 0 Å². The number of amides is 2. The molecule has 2 heterocycles. The van der Waals surface area contributed by atoms with E-state index in [2.05, 4.69) is 5.32 Å². The Hall–Kier alpha value is -2.32. The number of nitrogens with zero attached hydrogens (tertiary/aromatic N) is 1. The van der Waals surface area contributed by atoms with E-state index >= 15 is 0 Å². The number of benzene rings is 1. The van der Waals surface area contributed by atoms with Gasteiger partial charge in [0.05, 0.1) is 17.9 Å². The number of hydrogen-bond acceptors (Lipinski definition) is 6. The van der Waals surface area contributed by atoms with Crippen LogP contribution >= 0.6 is 23.1 Å². The first kappa shape index (κ1) is 22.9. The van der Waals surface area contributed by atoms with Crippen molar-refractivity contribution in [3.63, 3.8) is 0 Å². The van der Waals surface area contributed by atoms with Gasteiger partial charge in [-0.2, -0.15) is 0 Å². The first-order valence-corrected chi connectivity index (χ1v) is 12.8. The molecule has 1 N–H and O–H groups in total. The van der Waals surface area contributed by atoms with Gasteiger partial charge in [-0.05, 0) is 50.3 Å². The van der Waals surface area contributed by atoms with Crippen LogP contribution in [0.5, 0.6) is 0 Å². The van der Waals surface area contributed by atoms with Gasteiger partial charge in [-0.1, -0.05) is 25.5 Å². The molecule has 0 radical (unpaired) electrons. The Morgan fingerprint density at radius 1 is 1.19 bits per heavy atom. The smallest absolute Gasteiger partial charge is 0.341 e. The van der Waals surface area contributed by atoms with Gasteiger partial charge in [0.25, 0.3) is 0 Å². The quantitative estimate of drug-likeness (QED) is 0.487. The Morgan fingerprint density at radius 2 is 1.97 bits per heavy atom. The molecule has 1 aliphatic carbocycles. The fraction of sp³-hybridized carbons (Fsp3) is 0.458. The van der Waals surface area contributed by atoms with E-state index in [0.717, 1.165) is 53.1 Å². The summed E-state index contributed by atoms with van der Waals surface area (Å²) in [5, 5.41) is 3.62. The van der Waals surface area contributed by atoms with Crippen LogP contribution in [0.1, 0.15) is 60.3 Å². The van der Waals surface area contributed by atoms with Gasteiger partial charge in [-0.15, -0.1) is 23.1 Å². The van der Waals surface area contributed by atoms with Crippen LogP contribution < -0.4 is 10.2 Å². The minimum atomic E-state index is -0.386. The predicted octanol–water partition coefficient (Wildman–Crippen LogP) is 5.05. The third-order valence-electron chi connectivity index (χ3n) is 5.70. The second-order valence-electron chi connectivity index (χ2n) is 8.12. The topological polar surface area (TPSA) is 75.7 Å². The number of ether oxygens (including phenoxy) is 1. The Labute approximate surface area is 196 Å². The maximum atomic E-state index is 13.1. The first-order chi connectivity index (χ1) is 15.5. The Bertz CT molecular complexity index is 1030. The van der Waals surface area contributed by atoms with Crippen LogP contribution in [0.3, 0.4) is 0 Å². The lowest BCUT2D eigenvalue weighted by atomic mass is 10.1. The lowest BCUT2D eigenvalue weighted by Crippen LogP contribution is -2.38. The van der Waals surface area contributed by atoms with Crippen molar-refractivity contribution >= 4 is 51.6 Å². The average molecular weight is 473 g/mol. The molecule has 0 unspecified atom stereocenters. The van der Waals surface area contributed by atoms with E-state index in [1.54, 1.807) is 23.6 Å². The molecular weight excluding hydrogens is 444 g/mol. The summed E-state index contributed by atoms with van der Waals surface area (Å²) >= 11 is 3.12. The van der Waals surface area contributed by atoms with Crippen LogP contribution in [0.4, 0.5) is 10.7 Å². The predicted molar refractivity (Wildman–Crippen MR) is 129 cm³/mol. The van der Waals surface area contributed by atoms with Gasteiger partial charge in [-0.3, -0.25) is 9.59 Å². The monoisotopic (exact) mass is 472 g/mol. The lowest BCUT2D eigenvalue weighted by Gasteiger charge is -2.22. The van der Waals surface area contributed by atoms with Crippen molar-refractivity contribution in [3.8, 4) is 0 Å². The van der Waals surface area contributed by atoms with Crippen molar-refractivity contribution in [2.75, 3.05) is 23.4 Å². The van der Waals surface area contributed by atoms with Crippen molar-refractivity contribution in [1.29, 1.82) is 0 Å². The second kappa shape index (κ2) is 10.1. The zero-order chi connectivity index (χ0) is 22.7. The van der Waals surface area contributed by atoms with E-state index in [1.807, 2.05) is 31.2 Å². The third kappa shape index (κ3) is 4.86. The highest BCUT2D eigenvalue weighted by atomic mass is 32.2. The van der Waals surface area contributed by atoms with Crippen molar-refractivity contribution in [2.45, 2.75) is 62.5 Å². The number of nitrogens with one attached hydrogen (secondary N) is 1. The zero-order valence-corrected chi connectivity index (χ0v) is 20.1. The Morgan fingerprint density at radius 3 is 2.78 bits per heavy atom. The molecule has 2 amide bonds. The summed E-state index contributed by atoms with van der Waals surface area (Å²) in [4.78, 5) is 42.4. The standard InChI is InChI=1S/C24H28N2O4S2/c1-3-30-24(29)22-16-9-5-4-6-11-18(16)32-23(22)25-20(27)14-26-17-10-7-8-12-19(17)31-15(2)13-21(26)28/h7-8,10,12,15H,3-6,9,11,13-14H2,1-2H3,(H,25,27)/t15-/m0/s1. The number of aryl methyl sites for hydroxylation is 1. The molecule has 8 heteroatoms. The fourth-order valence-corrected chi connectivity index (χ4v) is 6.67. The molecule has 2 aliphatic rings. The summed E-state index contributed by atoms with van der Waals surface area (Å²) in [6.07, 6.45) is 5.35. The summed E-state index contributed by atoms with van der Waals surface area (Å²) in [6, 6.07) is 7.68. The number of anilines is 2. The largest absolute Gasteiger partial charge is 0.462 e. The zero-order valence-electron chi connectivity index (χ0n) is 18.4. The molecule has 4 rings (SSSR count). The van der Waals surface area contributed by atoms with Gasteiger partial charge < -0.3 is 15.0 Å². The summed E-state index contributed by atoms with van der Waals surface area (Å²) in [5.74, 6) is -0.768. The summed E-state index contributed by atoms with van der Waals surface area (Å²) in [5.41, 5.74) is 2.27. The van der Waals surface area contributed by atoms with E-state index in [9.17, 15) is 14.4 Å². The van der Waals surface area contributed by atoms with Gasteiger partial charge >= 0.3 is 5.97 Å². The number of carbonyl (C=O) groups excluding carboxylic acids is 3. The number of thiophene rings is 1. The number of fused-ring (bicyclic) bond motifs is 2.